The summed E-state index contributed by atoms with van der Waals surface area (Å²) in [4.78, 5) is 4.71. The van der Waals surface area contributed by atoms with E-state index in [4.69, 9.17) is 25.6 Å². The lowest BCUT2D eigenvalue weighted by Crippen LogP contribution is -2.22. The van der Waals surface area contributed by atoms with Gasteiger partial charge in [0.25, 0.3) is 0 Å². The van der Waals surface area contributed by atoms with Gasteiger partial charge in [-0.15, -0.1) is 0 Å². The maximum absolute atomic E-state index is 15.9. The summed E-state index contributed by atoms with van der Waals surface area (Å²) in [6.07, 6.45) is 2.20. The first kappa shape index (κ1) is 25.0. The fraction of sp³-hybridized carbons (Fsp3) is 0.241. The lowest BCUT2D eigenvalue weighted by Gasteiger charge is -2.24. The molecule has 0 bridgehead atoms. The average molecular weight is 487 g/mol. The first-order valence-electron chi connectivity index (χ1n) is 12.0. The lowest BCUT2D eigenvalue weighted by atomic mass is 9.94. The number of amidine groups is 1. The van der Waals surface area contributed by atoms with Crippen LogP contribution in [0.3, 0.4) is 0 Å². The molecule has 36 heavy (non-hydrogen) atoms. The lowest BCUT2D eigenvalue weighted by molar-refractivity contribution is 0.228. The third-order valence-electron chi connectivity index (χ3n) is 5.77. The van der Waals surface area contributed by atoms with Crippen molar-refractivity contribution < 1.29 is 13.9 Å². The molecular weight excluding hydrogens is 455 g/mol. The molecule has 0 radical (unpaired) electrons. The Morgan fingerprint density at radius 3 is 2.47 bits per heavy atom. The fourth-order valence-corrected chi connectivity index (χ4v) is 4.10. The first-order valence-corrected chi connectivity index (χ1v) is 12.0. The van der Waals surface area contributed by atoms with Crippen LogP contribution in [0.15, 0.2) is 77.9 Å². The smallest absolute Gasteiger partial charge is 0.171 e. The summed E-state index contributed by atoms with van der Waals surface area (Å²) in [5, 5.41) is 11.1. The second kappa shape index (κ2) is 11.1. The van der Waals surface area contributed by atoms with Crippen LogP contribution in [0.25, 0.3) is 5.57 Å². The molecule has 3 aromatic carbocycles. The van der Waals surface area contributed by atoms with Gasteiger partial charge < -0.3 is 20.5 Å². The molecular formula is C29H31FN4O2. The monoisotopic (exact) mass is 486 g/mol. The van der Waals surface area contributed by atoms with Crippen molar-refractivity contribution >= 4 is 22.8 Å². The van der Waals surface area contributed by atoms with Crippen molar-refractivity contribution in [3.63, 3.8) is 0 Å². The van der Waals surface area contributed by atoms with E-state index in [0.29, 0.717) is 29.9 Å². The van der Waals surface area contributed by atoms with Crippen LogP contribution in [-0.2, 0) is 0 Å². The Morgan fingerprint density at radius 2 is 1.83 bits per heavy atom. The number of benzene rings is 3. The van der Waals surface area contributed by atoms with Crippen LogP contribution in [0.2, 0.25) is 0 Å². The Kier molecular flexibility index (Phi) is 7.68. The van der Waals surface area contributed by atoms with Crippen molar-refractivity contribution in [2.75, 3.05) is 11.9 Å². The van der Waals surface area contributed by atoms with Crippen molar-refractivity contribution in [3.8, 4) is 11.5 Å². The van der Waals surface area contributed by atoms with Gasteiger partial charge in [0.05, 0.1) is 18.8 Å². The normalized spacial score (nSPS) is 13.7. The summed E-state index contributed by atoms with van der Waals surface area (Å²) < 4.78 is 27.5. The number of hydrogen-bond acceptors (Lipinski definition) is 5. The van der Waals surface area contributed by atoms with E-state index in [9.17, 15) is 0 Å². The summed E-state index contributed by atoms with van der Waals surface area (Å²) in [6.45, 7) is 6.04. The number of nitrogens with zero attached hydrogens (tertiary/aromatic N) is 1. The molecule has 0 saturated heterocycles. The van der Waals surface area contributed by atoms with Crippen molar-refractivity contribution in [1.82, 2.24) is 0 Å². The largest absolute Gasteiger partial charge is 0.494 e. The van der Waals surface area contributed by atoms with Crippen molar-refractivity contribution in [1.29, 1.82) is 5.41 Å². The summed E-state index contributed by atoms with van der Waals surface area (Å²) in [5.41, 5.74) is 10.3. The number of anilines is 1. The summed E-state index contributed by atoms with van der Waals surface area (Å²) in [7, 11) is 0. The average Bonchev–Trinajstić information content (AvgIpc) is 3.35. The highest BCUT2D eigenvalue weighted by molar-refractivity contribution is 6.03. The minimum Gasteiger partial charge on any atom is -0.494 e. The number of nitrogen functional groups attached to an aromatic ring is 1. The van der Waals surface area contributed by atoms with E-state index in [1.807, 2.05) is 69.4 Å². The molecule has 3 aromatic rings. The van der Waals surface area contributed by atoms with Gasteiger partial charge in [-0.1, -0.05) is 30.3 Å². The molecule has 7 heteroatoms. The maximum Gasteiger partial charge on any atom is 0.171 e. The molecule has 6 nitrogen and oxygen atoms in total. The van der Waals surface area contributed by atoms with E-state index in [-0.39, 0.29) is 17.7 Å². The number of halogens is 1. The number of aliphatic imine (C=N–C) groups is 1. The molecule has 4 rings (SSSR count). The molecule has 0 amide bonds. The molecule has 0 aliphatic carbocycles. The van der Waals surface area contributed by atoms with E-state index < -0.39 is 11.9 Å². The van der Waals surface area contributed by atoms with E-state index in [2.05, 4.69) is 5.32 Å². The van der Waals surface area contributed by atoms with Crippen LogP contribution < -0.4 is 20.5 Å². The van der Waals surface area contributed by atoms with Gasteiger partial charge in [0.2, 0.25) is 0 Å². The molecule has 1 unspecified atom stereocenters. The van der Waals surface area contributed by atoms with Crippen LogP contribution >= 0.6 is 0 Å². The highest BCUT2D eigenvalue weighted by atomic mass is 19.1. The fourth-order valence-electron chi connectivity index (χ4n) is 4.10. The first-order chi connectivity index (χ1) is 17.4. The number of allylic oxidation sites excluding steroid dienone is 1. The van der Waals surface area contributed by atoms with Gasteiger partial charge in [-0.25, -0.2) is 4.39 Å². The molecule has 0 aromatic heterocycles. The minimum atomic E-state index is -0.583. The van der Waals surface area contributed by atoms with E-state index in [0.717, 1.165) is 22.5 Å². The van der Waals surface area contributed by atoms with Crippen LogP contribution in [-0.4, -0.2) is 24.3 Å². The maximum atomic E-state index is 15.9. The number of ether oxygens (including phenoxy) is 2. The zero-order valence-electron chi connectivity index (χ0n) is 20.7. The highest BCUT2D eigenvalue weighted by Crippen LogP contribution is 2.37. The molecule has 1 aliphatic rings. The van der Waals surface area contributed by atoms with Gasteiger partial charge in [0.1, 0.15) is 11.6 Å². The Hall–Kier alpha value is -4.13. The summed E-state index contributed by atoms with van der Waals surface area (Å²) in [6, 6.07) is 19.9. The third kappa shape index (κ3) is 5.74. The molecule has 0 saturated carbocycles. The molecule has 1 heterocycles. The van der Waals surface area contributed by atoms with Crippen LogP contribution in [0.4, 0.5) is 10.1 Å². The van der Waals surface area contributed by atoms with Gasteiger partial charge in [0.15, 0.2) is 11.6 Å². The molecule has 0 spiro atoms. The summed E-state index contributed by atoms with van der Waals surface area (Å²) in [5.74, 6) is 0.194. The van der Waals surface area contributed by atoms with Gasteiger partial charge in [0, 0.05) is 41.2 Å². The topological polar surface area (TPSA) is 92.7 Å². The van der Waals surface area contributed by atoms with Gasteiger partial charge >= 0.3 is 0 Å². The number of hydrogen-bond donors (Lipinski definition) is 3. The van der Waals surface area contributed by atoms with Gasteiger partial charge in [-0.3, -0.25) is 10.4 Å². The SMILES string of the molecule is CCOc1cc(OC(C)C)c(F)c(C(Nc2ccc(C(=N)N)cc2)C2=NC=C(c3ccccc3)C2)c1. The Bertz CT molecular complexity index is 1280. The van der Waals surface area contributed by atoms with E-state index in [1.165, 1.54) is 0 Å². The van der Waals surface area contributed by atoms with E-state index >= 15 is 4.39 Å². The van der Waals surface area contributed by atoms with Crippen molar-refractivity contribution in [3.05, 3.63) is 95.4 Å². The number of rotatable bonds is 10. The second-order valence-electron chi connectivity index (χ2n) is 8.81. The second-order valence-corrected chi connectivity index (χ2v) is 8.81. The molecule has 186 valence electrons. The molecule has 4 N–H and O–H groups in total. The van der Waals surface area contributed by atoms with Crippen LogP contribution in [0.1, 0.15) is 49.9 Å². The molecule has 1 atom stereocenters. The van der Waals surface area contributed by atoms with Gasteiger partial charge in [-0.2, -0.15) is 0 Å². The predicted molar refractivity (Wildman–Crippen MR) is 144 cm³/mol. The van der Waals surface area contributed by atoms with Gasteiger partial charge in [-0.05, 0) is 62.2 Å². The Balaban J connectivity index is 1.74. The minimum absolute atomic E-state index is 0.0130. The Labute approximate surface area is 211 Å². The summed E-state index contributed by atoms with van der Waals surface area (Å²) >= 11 is 0. The van der Waals surface area contributed by atoms with E-state index in [1.54, 1.807) is 24.3 Å². The quantitative estimate of drug-likeness (QED) is 0.230. The third-order valence-corrected chi connectivity index (χ3v) is 5.77. The zero-order valence-corrected chi connectivity index (χ0v) is 20.7. The van der Waals surface area contributed by atoms with Crippen LogP contribution in [0.5, 0.6) is 11.5 Å². The van der Waals surface area contributed by atoms with Crippen LogP contribution in [0, 0.1) is 11.2 Å². The standard InChI is InChI=1S/C29H31FN4O2/c1-4-35-23-15-24(27(30)26(16-23)36-18(2)3)28(34-22-12-10-20(11-13-22)29(31)32)25-14-21(17-33-25)19-8-6-5-7-9-19/h5-13,15-18,28,34H,4,14H2,1-3H3,(H3,31,32). The van der Waals surface area contributed by atoms with Crippen molar-refractivity contribution in [2.24, 2.45) is 10.7 Å². The highest BCUT2D eigenvalue weighted by Gasteiger charge is 2.28. The zero-order chi connectivity index (χ0) is 25.7. The predicted octanol–water partition coefficient (Wildman–Crippen LogP) is 6.33. The molecule has 1 aliphatic heterocycles. The number of nitrogens with two attached hydrogens (primary N) is 1. The molecule has 0 fully saturated rings. The number of nitrogens with one attached hydrogen (secondary N) is 2. The Morgan fingerprint density at radius 1 is 1.11 bits per heavy atom. The van der Waals surface area contributed by atoms with Crippen molar-refractivity contribution in [2.45, 2.75) is 39.3 Å².